The van der Waals surface area contributed by atoms with Crippen LogP contribution in [0.2, 0.25) is 0 Å². The molecular formula is C9H17ClF3NO. The molecular weight excluding hydrogens is 231 g/mol. The lowest BCUT2D eigenvalue weighted by atomic mass is 10.3. The van der Waals surface area contributed by atoms with Gasteiger partial charge >= 0.3 is 6.36 Å². The standard InChI is InChI=1S/C9H17ClF3NO/c1-2-3-5-14(6-4-10)7-8-15-9(11,12)13/h2-8H2,1H3. The number of rotatable bonds is 8. The second-order valence-corrected chi connectivity index (χ2v) is 3.56. The molecule has 2 nitrogen and oxygen atoms in total. The summed E-state index contributed by atoms with van der Waals surface area (Å²) in [5, 5.41) is 0. The molecule has 0 saturated carbocycles. The number of alkyl halides is 4. The Hall–Kier alpha value is -0.0000000000000000555. The van der Waals surface area contributed by atoms with Crippen molar-refractivity contribution in [2.75, 3.05) is 32.1 Å². The zero-order chi connectivity index (χ0) is 11.7. The van der Waals surface area contributed by atoms with Crippen LogP contribution in [0.1, 0.15) is 19.8 Å². The van der Waals surface area contributed by atoms with E-state index in [0.29, 0.717) is 12.4 Å². The first-order valence-corrected chi connectivity index (χ1v) is 5.52. The molecule has 0 heterocycles. The molecule has 0 saturated heterocycles. The summed E-state index contributed by atoms with van der Waals surface area (Å²) in [7, 11) is 0. The Morgan fingerprint density at radius 3 is 2.33 bits per heavy atom. The van der Waals surface area contributed by atoms with Crippen LogP contribution in [0.25, 0.3) is 0 Å². The van der Waals surface area contributed by atoms with Gasteiger partial charge in [-0.15, -0.1) is 24.8 Å². The predicted molar refractivity (Wildman–Crippen MR) is 54.1 cm³/mol. The topological polar surface area (TPSA) is 12.5 Å². The van der Waals surface area contributed by atoms with E-state index < -0.39 is 6.36 Å². The van der Waals surface area contributed by atoms with Crippen LogP contribution in [0.5, 0.6) is 0 Å². The van der Waals surface area contributed by atoms with E-state index in [1.54, 1.807) is 0 Å². The normalized spacial score (nSPS) is 12.4. The van der Waals surface area contributed by atoms with Crippen LogP contribution < -0.4 is 0 Å². The molecule has 0 aromatic heterocycles. The molecule has 0 fully saturated rings. The maximum atomic E-state index is 11.7. The Balaban J connectivity index is 3.65. The van der Waals surface area contributed by atoms with Crippen molar-refractivity contribution in [3.05, 3.63) is 0 Å². The summed E-state index contributed by atoms with van der Waals surface area (Å²) >= 11 is 5.54. The molecule has 0 radical (unpaired) electrons. The molecule has 0 bridgehead atoms. The molecule has 92 valence electrons. The van der Waals surface area contributed by atoms with Gasteiger partial charge in [0, 0.05) is 19.0 Å². The summed E-state index contributed by atoms with van der Waals surface area (Å²) in [5.74, 6) is 0.426. The molecule has 0 aromatic rings. The summed E-state index contributed by atoms with van der Waals surface area (Å²) < 4.78 is 38.7. The first-order chi connectivity index (χ1) is 6.99. The monoisotopic (exact) mass is 247 g/mol. The molecule has 0 N–H and O–H groups in total. The molecule has 0 aliphatic heterocycles. The number of hydrogen-bond donors (Lipinski definition) is 0. The van der Waals surface area contributed by atoms with Crippen LogP contribution in [0.15, 0.2) is 0 Å². The van der Waals surface area contributed by atoms with E-state index in [0.717, 1.165) is 19.4 Å². The fourth-order valence-corrected chi connectivity index (χ4v) is 1.37. The van der Waals surface area contributed by atoms with Gasteiger partial charge in [0.1, 0.15) is 0 Å². The van der Waals surface area contributed by atoms with Gasteiger partial charge in [0.05, 0.1) is 6.61 Å². The van der Waals surface area contributed by atoms with E-state index >= 15 is 0 Å². The SMILES string of the molecule is CCCCN(CCCl)CCOC(F)(F)F. The van der Waals surface area contributed by atoms with Crippen molar-refractivity contribution >= 4 is 11.6 Å². The lowest BCUT2D eigenvalue weighted by Crippen LogP contribution is -2.32. The van der Waals surface area contributed by atoms with Crippen molar-refractivity contribution in [3.8, 4) is 0 Å². The average Bonchev–Trinajstić information content (AvgIpc) is 2.12. The average molecular weight is 248 g/mol. The molecule has 0 aliphatic carbocycles. The van der Waals surface area contributed by atoms with Gasteiger partial charge in [-0.05, 0) is 13.0 Å². The summed E-state index contributed by atoms with van der Waals surface area (Å²) in [5.41, 5.74) is 0. The fourth-order valence-electron chi connectivity index (χ4n) is 1.13. The summed E-state index contributed by atoms with van der Waals surface area (Å²) in [6.07, 6.45) is -2.56. The van der Waals surface area contributed by atoms with E-state index in [1.807, 2.05) is 11.8 Å². The molecule has 0 unspecified atom stereocenters. The number of nitrogens with zero attached hydrogens (tertiary/aromatic N) is 1. The van der Waals surface area contributed by atoms with Gasteiger partial charge in [0.25, 0.3) is 0 Å². The zero-order valence-electron chi connectivity index (χ0n) is 8.82. The number of ether oxygens (including phenoxy) is 1. The molecule has 0 spiro atoms. The first kappa shape index (κ1) is 15.0. The van der Waals surface area contributed by atoms with E-state index in [9.17, 15) is 13.2 Å². The molecule has 15 heavy (non-hydrogen) atoms. The van der Waals surface area contributed by atoms with Crippen LogP contribution in [-0.2, 0) is 4.74 Å². The third-order valence-corrected chi connectivity index (χ3v) is 2.07. The highest BCUT2D eigenvalue weighted by Gasteiger charge is 2.28. The van der Waals surface area contributed by atoms with Crippen LogP contribution in [0, 0.1) is 0 Å². The van der Waals surface area contributed by atoms with Crippen molar-refractivity contribution in [2.24, 2.45) is 0 Å². The van der Waals surface area contributed by atoms with Crippen molar-refractivity contribution < 1.29 is 17.9 Å². The highest BCUT2D eigenvalue weighted by atomic mass is 35.5. The Morgan fingerprint density at radius 1 is 1.20 bits per heavy atom. The third kappa shape index (κ3) is 10.3. The Kier molecular flexibility index (Phi) is 8.19. The summed E-state index contributed by atoms with van der Waals surface area (Å²) in [6.45, 7) is 3.34. The quantitative estimate of drug-likeness (QED) is 0.612. The number of hydrogen-bond acceptors (Lipinski definition) is 2. The van der Waals surface area contributed by atoms with Gasteiger partial charge in [-0.25, -0.2) is 0 Å². The predicted octanol–water partition coefficient (Wildman–Crippen LogP) is 2.86. The Bertz CT molecular complexity index is 155. The van der Waals surface area contributed by atoms with Crippen molar-refractivity contribution in [3.63, 3.8) is 0 Å². The lowest BCUT2D eigenvalue weighted by molar-refractivity contribution is -0.325. The minimum Gasteiger partial charge on any atom is -0.300 e. The van der Waals surface area contributed by atoms with Gasteiger partial charge in [0.15, 0.2) is 0 Å². The molecule has 6 heteroatoms. The van der Waals surface area contributed by atoms with Gasteiger partial charge in [0.2, 0.25) is 0 Å². The molecule has 0 amide bonds. The summed E-state index contributed by atoms with van der Waals surface area (Å²) in [6, 6.07) is 0. The van der Waals surface area contributed by atoms with Crippen molar-refractivity contribution in [1.82, 2.24) is 4.90 Å². The highest BCUT2D eigenvalue weighted by molar-refractivity contribution is 6.18. The second-order valence-electron chi connectivity index (χ2n) is 3.18. The van der Waals surface area contributed by atoms with Crippen LogP contribution in [0.3, 0.4) is 0 Å². The van der Waals surface area contributed by atoms with E-state index in [1.165, 1.54) is 0 Å². The van der Waals surface area contributed by atoms with Crippen LogP contribution >= 0.6 is 11.6 Å². The first-order valence-electron chi connectivity index (χ1n) is 4.98. The van der Waals surface area contributed by atoms with Crippen molar-refractivity contribution in [2.45, 2.75) is 26.1 Å². The lowest BCUT2D eigenvalue weighted by Gasteiger charge is -2.20. The van der Waals surface area contributed by atoms with Crippen LogP contribution in [-0.4, -0.2) is 43.4 Å². The minimum atomic E-state index is -4.53. The maximum absolute atomic E-state index is 11.7. The second kappa shape index (κ2) is 8.19. The van der Waals surface area contributed by atoms with Gasteiger partial charge in [-0.3, -0.25) is 9.64 Å². The van der Waals surface area contributed by atoms with Gasteiger partial charge in [-0.2, -0.15) is 0 Å². The molecule has 0 aliphatic rings. The fraction of sp³-hybridized carbons (Fsp3) is 1.00. The Labute approximate surface area is 93.3 Å². The third-order valence-electron chi connectivity index (χ3n) is 1.90. The van der Waals surface area contributed by atoms with E-state index in [-0.39, 0.29) is 13.2 Å². The number of halogens is 4. The summed E-state index contributed by atoms with van der Waals surface area (Å²) in [4.78, 5) is 1.88. The highest BCUT2D eigenvalue weighted by Crippen LogP contribution is 2.15. The number of unbranched alkanes of at least 4 members (excludes halogenated alkanes) is 1. The van der Waals surface area contributed by atoms with Gasteiger partial charge < -0.3 is 0 Å². The maximum Gasteiger partial charge on any atom is 0.522 e. The Morgan fingerprint density at radius 2 is 1.87 bits per heavy atom. The van der Waals surface area contributed by atoms with E-state index in [4.69, 9.17) is 11.6 Å². The molecule has 0 atom stereocenters. The van der Waals surface area contributed by atoms with E-state index in [2.05, 4.69) is 4.74 Å². The van der Waals surface area contributed by atoms with Crippen molar-refractivity contribution in [1.29, 1.82) is 0 Å². The zero-order valence-corrected chi connectivity index (χ0v) is 9.57. The smallest absolute Gasteiger partial charge is 0.300 e. The van der Waals surface area contributed by atoms with Gasteiger partial charge in [-0.1, -0.05) is 13.3 Å². The largest absolute Gasteiger partial charge is 0.522 e. The molecule has 0 aromatic carbocycles. The minimum absolute atomic E-state index is 0.270. The van der Waals surface area contributed by atoms with Crippen LogP contribution in [0.4, 0.5) is 13.2 Å². The molecule has 0 rings (SSSR count).